The summed E-state index contributed by atoms with van der Waals surface area (Å²) in [4.78, 5) is 15.7. The third kappa shape index (κ3) is 3.26. The van der Waals surface area contributed by atoms with Gasteiger partial charge in [-0.05, 0) is 37.6 Å². The molecule has 0 radical (unpaired) electrons. The first-order valence-electron chi connectivity index (χ1n) is 6.38. The number of pyridine rings is 1. The molecule has 0 saturated carbocycles. The zero-order valence-electron chi connectivity index (χ0n) is 11.5. The van der Waals surface area contributed by atoms with Crippen LogP contribution < -0.4 is 15.8 Å². The van der Waals surface area contributed by atoms with Gasteiger partial charge in [-0.1, -0.05) is 6.07 Å². The Morgan fingerprint density at radius 3 is 2.85 bits per heavy atom. The number of nitrogens with one attached hydrogen (secondary N) is 1. The Labute approximate surface area is 117 Å². The molecule has 0 aliphatic rings. The van der Waals surface area contributed by atoms with Gasteiger partial charge in [0.1, 0.15) is 17.2 Å². The molecule has 2 aromatic rings. The van der Waals surface area contributed by atoms with Crippen LogP contribution in [0.15, 0.2) is 36.5 Å². The summed E-state index contributed by atoms with van der Waals surface area (Å²) < 4.78 is 5.69. The van der Waals surface area contributed by atoms with Crippen LogP contribution in [0, 0.1) is 6.92 Å². The maximum atomic E-state index is 11.7. The summed E-state index contributed by atoms with van der Waals surface area (Å²) >= 11 is 0. The van der Waals surface area contributed by atoms with E-state index in [0.29, 0.717) is 29.4 Å². The number of hydrogen-bond donors (Lipinski definition) is 2. The summed E-state index contributed by atoms with van der Waals surface area (Å²) in [7, 11) is 0. The van der Waals surface area contributed by atoms with Crippen molar-refractivity contribution in [2.45, 2.75) is 13.8 Å². The van der Waals surface area contributed by atoms with Crippen molar-refractivity contribution in [2.24, 2.45) is 0 Å². The highest BCUT2D eigenvalue weighted by Gasteiger charge is 2.08. The van der Waals surface area contributed by atoms with Gasteiger partial charge in [0, 0.05) is 18.8 Å². The quantitative estimate of drug-likeness (QED) is 0.838. The molecule has 0 atom stereocenters. The third-order valence-electron chi connectivity index (χ3n) is 2.69. The van der Waals surface area contributed by atoms with E-state index >= 15 is 0 Å². The van der Waals surface area contributed by atoms with Gasteiger partial charge in [-0.15, -0.1) is 0 Å². The average Bonchev–Trinajstić information content (AvgIpc) is 2.43. The minimum Gasteiger partial charge on any atom is -0.455 e. The second-order valence-corrected chi connectivity index (χ2v) is 4.38. The van der Waals surface area contributed by atoms with Crippen molar-refractivity contribution in [2.75, 3.05) is 12.3 Å². The number of nitrogens with zero attached hydrogens (tertiary/aromatic N) is 1. The standard InChI is InChI=1S/C15H17N3O2/c1-3-17-15(19)13-9-11(6-7-18-13)20-14-5-4-10(2)8-12(14)16/h4-9H,3,16H2,1-2H3,(H,17,19). The highest BCUT2D eigenvalue weighted by atomic mass is 16.5. The lowest BCUT2D eigenvalue weighted by atomic mass is 10.2. The summed E-state index contributed by atoms with van der Waals surface area (Å²) in [6, 6.07) is 8.82. The second kappa shape index (κ2) is 6.06. The Morgan fingerprint density at radius 1 is 1.35 bits per heavy atom. The molecule has 1 amide bonds. The zero-order chi connectivity index (χ0) is 14.5. The van der Waals surface area contributed by atoms with Gasteiger partial charge in [-0.3, -0.25) is 9.78 Å². The molecule has 3 N–H and O–H groups in total. The van der Waals surface area contributed by atoms with E-state index in [1.165, 1.54) is 6.20 Å². The fourth-order valence-electron chi connectivity index (χ4n) is 1.74. The largest absolute Gasteiger partial charge is 0.455 e. The Hall–Kier alpha value is -2.56. The van der Waals surface area contributed by atoms with Crippen LogP contribution in [0.4, 0.5) is 5.69 Å². The molecule has 0 unspecified atom stereocenters. The van der Waals surface area contributed by atoms with Gasteiger partial charge in [0.05, 0.1) is 5.69 Å². The number of ether oxygens (including phenoxy) is 1. The first-order chi connectivity index (χ1) is 9.60. The Balaban J connectivity index is 2.21. The molecule has 20 heavy (non-hydrogen) atoms. The molecule has 104 valence electrons. The first kappa shape index (κ1) is 13.9. The van der Waals surface area contributed by atoms with Crippen LogP contribution in [0.1, 0.15) is 23.0 Å². The topological polar surface area (TPSA) is 77.2 Å². The number of carbonyl (C=O) groups excluding carboxylic acids is 1. The van der Waals surface area contributed by atoms with E-state index in [1.807, 2.05) is 26.0 Å². The van der Waals surface area contributed by atoms with Crippen LogP contribution >= 0.6 is 0 Å². The highest BCUT2D eigenvalue weighted by molar-refractivity contribution is 5.92. The number of hydrogen-bond acceptors (Lipinski definition) is 4. The Morgan fingerprint density at radius 2 is 2.15 bits per heavy atom. The SMILES string of the molecule is CCNC(=O)c1cc(Oc2ccc(C)cc2N)ccn1. The van der Waals surface area contributed by atoms with E-state index in [2.05, 4.69) is 10.3 Å². The maximum Gasteiger partial charge on any atom is 0.270 e. The molecule has 2 rings (SSSR count). The lowest BCUT2D eigenvalue weighted by molar-refractivity contribution is 0.0950. The number of nitrogens with two attached hydrogens (primary N) is 1. The van der Waals surface area contributed by atoms with E-state index in [9.17, 15) is 4.79 Å². The number of aromatic nitrogens is 1. The predicted molar refractivity (Wildman–Crippen MR) is 77.9 cm³/mol. The Kier molecular flexibility index (Phi) is 4.20. The lowest BCUT2D eigenvalue weighted by Gasteiger charge is -2.10. The fraction of sp³-hybridized carbons (Fsp3) is 0.200. The molecular weight excluding hydrogens is 254 g/mol. The van der Waals surface area contributed by atoms with E-state index in [0.717, 1.165) is 5.56 Å². The van der Waals surface area contributed by atoms with E-state index in [4.69, 9.17) is 10.5 Å². The van der Waals surface area contributed by atoms with Crippen molar-refractivity contribution >= 4 is 11.6 Å². The molecule has 0 saturated heterocycles. The van der Waals surface area contributed by atoms with E-state index in [-0.39, 0.29) is 5.91 Å². The summed E-state index contributed by atoms with van der Waals surface area (Å²) in [5.41, 5.74) is 7.83. The number of anilines is 1. The van der Waals surface area contributed by atoms with Crippen molar-refractivity contribution < 1.29 is 9.53 Å². The number of rotatable bonds is 4. The highest BCUT2D eigenvalue weighted by Crippen LogP contribution is 2.28. The molecule has 0 fully saturated rings. The fourth-order valence-corrected chi connectivity index (χ4v) is 1.74. The van der Waals surface area contributed by atoms with Crippen LogP contribution in [0.25, 0.3) is 0 Å². The van der Waals surface area contributed by atoms with Crippen molar-refractivity contribution in [3.63, 3.8) is 0 Å². The molecule has 0 aliphatic heterocycles. The summed E-state index contributed by atoms with van der Waals surface area (Å²) in [5.74, 6) is 0.857. The summed E-state index contributed by atoms with van der Waals surface area (Å²) in [5, 5.41) is 2.69. The molecule has 0 bridgehead atoms. The molecule has 1 aromatic heterocycles. The minimum absolute atomic E-state index is 0.227. The van der Waals surface area contributed by atoms with Gasteiger partial charge < -0.3 is 15.8 Å². The predicted octanol–water partition coefficient (Wildman–Crippen LogP) is 2.51. The molecular formula is C15H17N3O2. The maximum absolute atomic E-state index is 11.7. The normalized spacial score (nSPS) is 10.1. The molecule has 5 heteroatoms. The number of amides is 1. The van der Waals surface area contributed by atoms with Gasteiger partial charge in [-0.2, -0.15) is 0 Å². The lowest BCUT2D eigenvalue weighted by Crippen LogP contribution is -2.23. The number of nitrogen functional groups attached to an aromatic ring is 1. The average molecular weight is 271 g/mol. The van der Waals surface area contributed by atoms with E-state index in [1.54, 1.807) is 18.2 Å². The second-order valence-electron chi connectivity index (χ2n) is 4.38. The monoisotopic (exact) mass is 271 g/mol. The third-order valence-corrected chi connectivity index (χ3v) is 2.69. The van der Waals surface area contributed by atoms with Gasteiger partial charge in [0.15, 0.2) is 0 Å². The van der Waals surface area contributed by atoms with Crippen LogP contribution in [0.3, 0.4) is 0 Å². The summed E-state index contributed by atoms with van der Waals surface area (Å²) in [6.45, 7) is 4.36. The van der Waals surface area contributed by atoms with Gasteiger partial charge >= 0.3 is 0 Å². The van der Waals surface area contributed by atoms with Crippen LogP contribution in [0.5, 0.6) is 11.5 Å². The first-order valence-corrected chi connectivity index (χ1v) is 6.38. The molecule has 5 nitrogen and oxygen atoms in total. The van der Waals surface area contributed by atoms with Crippen molar-refractivity contribution in [1.82, 2.24) is 10.3 Å². The molecule has 0 aliphatic carbocycles. The van der Waals surface area contributed by atoms with Gasteiger partial charge in [-0.25, -0.2) is 0 Å². The zero-order valence-corrected chi connectivity index (χ0v) is 11.5. The van der Waals surface area contributed by atoms with Crippen LogP contribution in [-0.2, 0) is 0 Å². The molecule has 1 heterocycles. The number of benzene rings is 1. The van der Waals surface area contributed by atoms with Crippen molar-refractivity contribution in [3.8, 4) is 11.5 Å². The van der Waals surface area contributed by atoms with Crippen LogP contribution in [-0.4, -0.2) is 17.4 Å². The molecule has 1 aromatic carbocycles. The van der Waals surface area contributed by atoms with E-state index < -0.39 is 0 Å². The van der Waals surface area contributed by atoms with Crippen molar-refractivity contribution in [3.05, 3.63) is 47.8 Å². The molecule has 0 spiro atoms. The smallest absolute Gasteiger partial charge is 0.270 e. The Bertz CT molecular complexity index is 626. The van der Waals surface area contributed by atoms with Crippen LogP contribution in [0.2, 0.25) is 0 Å². The van der Waals surface area contributed by atoms with Gasteiger partial charge in [0.2, 0.25) is 0 Å². The minimum atomic E-state index is -0.227. The number of aryl methyl sites for hydroxylation is 1. The number of carbonyl (C=O) groups is 1. The van der Waals surface area contributed by atoms with Gasteiger partial charge in [0.25, 0.3) is 5.91 Å². The summed E-state index contributed by atoms with van der Waals surface area (Å²) in [6.07, 6.45) is 1.53. The van der Waals surface area contributed by atoms with Crippen molar-refractivity contribution in [1.29, 1.82) is 0 Å².